The van der Waals surface area contributed by atoms with E-state index in [4.69, 9.17) is 9.47 Å². The first kappa shape index (κ1) is 19.8. The Morgan fingerprint density at radius 3 is 2.57 bits per heavy atom. The minimum atomic E-state index is -0.297. The van der Waals surface area contributed by atoms with Crippen LogP contribution in [0.5, 0.6) is 11.5 Å². The number of ether oxygens (including phenoxy) is 2. The molecule has 0 unspecified atom stereocenters. The van der Waals surface area contributed by atoms with Crippen molar-refractivity contribution in [1.82, 2.24) is 20.2 Å². The SMILES string of the molecule is CCOc1ccc(OCC)c(NC(=O)Cn2nnc(-c3ccc(Br)cc3)n2)c1. The van der Waals surface area contributed by atoms with Crippen LogP contribution in [0, 0.1) is 0 Å². The number of hydrogen-bond acceptors (Lipinski definition) is 6. The van der Waals surface area contributed by atoms with Crippen molar-refractivity contribution in [2.24, 2.45) is 0 Å². The minimum Gasteiger partial charge on any atom is -0.494 e. The van der Waals surface area contributed by atoms with Crippen LogP contribution in [0.4, 0.5) is 5.69 Å². The third-order valence-electron chi connectivity index (χ3n) is 3.68. The van der Waals surface area contributed by atoms with Gasteiger partial charge in [0.1, 0.15) is 18.0 Å². The fourth-order valence-electron chi connectivity index (χ4n) is 2.49. The molecule has 0 saturated heterocycles. The third-order valence-corrected chi connectivity index (χ3v) is 4.20. The number of aromatic nitrogens is 4. The van der Waals surface area contributed by atoms with Gasteiger partial charge in [0.15, 0.2) is 0 Å². The molecule has 1 N–H and O–H groups in total. The molecule has 9 heteroatoms. The molecule has 3 rings (SSSR count). The van der Waals surface area contributed by atoms with Crippen LogP contribution in [-0.4, -0.2) is 39.3 Å². The molecule has 0 saturated carbocycles. The van der Waals surface area contributed by atoms with Crippen LogP contribution in [0.2, 0.25) is 0 Å². The molecule has 1 heterocycles. The zero-order valence-electron chi connectivity index (χ0n) is 15.6. The molecular formula is C19H20BrN5O3. The number of nitrogens with one attached hydrogen (secondary N) is 1. The summed E-state index contributed by atoms with van der Waals surface area (Å²) in [6.45, 7) is 4.72. The number of nitrogens with zero attached hydrogens (tertiary/aromatic N) is 4. The summed E-state index contributed by atoms with van der Waals surface area (Å²) in [4.78, 5) is 13.7. The standard InChI is InChI=1S/C19H20BrN5O3/c1-3-27-15-9-10-17(28-4-2)16(11-15)21-18(26)12-25-23-19(22-24-25)13-5-7-14(20)8-6-13/h5-11H,3-4,12H2,1-2H3,(H,21,26). The lowest BCUT2D eigenvalue weighted by Gasteiger charge is -2.13. The summed E-state index contributed by atoms with van der Waals surface area (Å²) in [5, 5.41) is 15.0. The Balaban J connectivity index is 1.70. The van der Waals surface area contributed by atoms with E-state index in [-0.39, 0.29) is 12.5 Å². The minimum absolute atomic E-state index is 0.0754. The summed E-state index contributed by atoms with van der Waals surface area (Å²) in [6.07, 6.45) is 0. The lowest BCUT2D eigenvalue weighted by Crippen LogP contribution is -2.21. The molecule has 8 nitrogen and oxygen atoms in total. The van der Waals surface area contributed by atoms with Gasteiger partial charge in [-0.1, -0.05) is 15.9 Å². The summed E-state index contributed by atoms with van der Waals surface area (Å²) >= 11 is 3.39. The van der Waals surface area contributed by atoms with E-state index in [9.17, 15) is 4.79 Å². The number of hydrogen-bond donors (Lipinski definition) is 1. The Kier molecular flexibility index (Phi) is 6.59. The average molecular weight is 446 g/mol. The highest BCUT2D eigenvalue weighted by Crippen LogP contribution is 2.29. The van der Waals surface area contributed by atoms with Crippen LogP contribution >= 0.6 is 15.9 Å². The number of halogens is 1. The quantitative estimate of drug-likeness (QED) is 0.569. The lowest BCUT2D eigenvalue weighted by molar-refractivity contribution is -0.117. The van der Waals surface area contributed by atoms with Gasteiger partial charge in [-0.05, 0) is 55.5 Å². The molecule has 0 aliphatic rings. The Morgan fingerprint density at radius 2 is 1.86 bits per heavy atom. The van der Waals surface area contributed by atoms with Crippen molar-refractivity contribution in [1.29, 1.82) is 0 Å². The van der Waals surface area contributed by atoms with Crippen molar-refractivity contribution in [2.45, 2.75) is 20.4 Å². The van der Waals surface area contributed by atoms with E-state index in [1.165, 1.54) is 4.80 Å². The van der Waals surface area contributed by atoms with Gasteiger partial charge < -0.3 is 14.8 Å². The third kappa shape index (κ3) is 5.07. The fraction of sp³-hybridized carbons (Fsp3) is 0.263. The largest absolute Gasteiger partial charge is 0.494 e. The Bertz CT molecular complexity index is 943. The average Bonchev–Trinajstić information content (AvgIpc) is 3.13. The molecule has 1 aromatic heterocycles. The smallest absolute Gasteiger partial charge is 0.248 e. The van der Waals surface area contributed by atoms with Crippen molar-refractivity contribution >= 4 is 27.5 Å². The maximum atomic E-state index is 12.5. The highest BCUT2D eigenvalue weighted by atomic mass is 79.9. The van der Waals surface area contributed by atoms with E-state index in [1.807, 2.05) is 38.1 Å². The van der Waals surface area contributed by atoms with Gasteiger partial charge in [-0.25, -0.2) is 0 Å². The zero-order valence-corrected chi connectivity index (χ0v) is 17.1. The van der Waals surface area contributed by atoms with Gasteiger partial charge >= 0.3 is 0 Å². The Labute approximate surface area is 171 Å². The van der Waals surface area contributed by atoms with Crippen LogP contribution in [0.3, 0.4) is 0 Å². The van der Waals surface area contributed by atoms with Gasteiger partial charge in [0.05, 0.1) is 18.9 Å². The van der Waals surface area contributed by atoms with Gasteiger partial charge in [0.2, 0.25) is 11.7 Å². The summed E-state index contributed by atoms with van der Waals surface area (Å²) in [5.74, 6) is 1.38. The molecule has 0 aliphatic heterocycles. The van der Waals surface area contributed by atoms with E-state index in [2.05, 4.69) is 36.7 Å². The normalized spacial score (nSPS) is 10.5. The van der Waals surface area contributed by atoms with E-state index < -0.39 is 0 Å². The first-order chi connectivity index (χ1) is 13.6. The van der Waals surface area contributed by atoms with Crippen LogP contribution in [0.15, 0.2) is 46.9 Å². The summed E-state index contributed by atoms with van der Waals surface area (Å²) in [7, 11) is 0. The number of carbonyl (C=O) groups excluding carboxylic acids is 1. The Hall–Kier alpha value is -2.94. The van der Waals surface area contributed by atoms with E-state index in [0.717, 1.165) is 10.0 Å². The monoisotopic (exact) mass is 445 g/mol. The van der Waals surface area contributed by atoms with Crippen LogP contribution < -0.4 is 14.8 Å². The van der Waals surface area contributed by atoms with Gasteiger partial charge in [0, 0.05) is 16.1 Å². The summed E-state index contributed by atoms with van der Waals surface area (Å²) in [5.41, 5.74) is 1.35. The maximum absolute atomic E-state index is 12.5. The van der Waals surface area contributed by atoms with Crippen molar-refractivity contribution < 1.29 is 14.3 Å². The van der Waals surface area contributed by atoms with Gasteiger partial charge in [-0.3, -0.25) is 4.79 Å². The topological polar surface area (TPSA) is 91.2 Å². The molecule has 146 valence electrons. The highest BCUT2D eigenvalue weighted by Gasteiger charge is 2.13. The number of rotatable bonds is 8. The molecule has 0 fully saturated rings. The second-order valence-electron chi connectivity index (χ2n) is 5.72. The first-order valence-electron chi connectivity index (χ1n) is 8.82. The summed E-state index contributed by atoms with van der Waals surface area (Å²) in [6, 6.07) is 12.8. The van der Waals surface area contributed by atoms with E-state index in [1.54, 1.807) is 18.2 Å². The second-order valence-corrected chi connectivity index (χ2v) is 6.64. The predicted molar refractivity (Wildman–Crippen MR) is 108 cm³/mol. The lowest BCUT2D eigenvalue weighted by atomic mass is 10.2. The number of anilines is 1. The molecule has 0 radical (unpaired) electrons. The van der Waals surface area contributed by atoms with Crippen LogP contribution in [0.1, 0.15) is 13.8 Å². The number of carbonyl (C=O) groups is 1. The van der Waals surface area contributed by atoms with Crippen LogP contribution in [-0.2, 0) is 11.3 Å². The molecular weight excluding hydrogens is 426 g/mol. The predicted octanol–water partition coefficient (Wildman–Crippen LogP) is 3.54. The molecule has 2 aromatic carbocycles. The maximum Gasteiger partial charge on any atom is 0.248 e. The zero-order chi connectivity index (χ0) is 19.9. The second kappa shape index (κ2) is 9.32. The first-order valence-corrected chi connectivity index (χ1v) is 9.61. The number of amides is 1. The Morgan fingerprint density at radius 1 is 1.11 bits per heavy atom. The molecule has 0 atom stereocenters. The van der Waals surface area contributed by atoms with Gasteiger partial charge in [0.25, 0.3) is 0 Å². The number of benzene rings is 2. The van der Waals surface area contributed by atoms with Crippen molar-refractivity contribution in [2.75, 3.05) is 18.5 Å². The van der Waals surface area contributed by atoms with Gasteiger partial charge in [-0.15, -0.1) is 10.2 Å². The molecule has 0 aliphatic carbocycles. The molecule has 28 heavy (non-hydrogen) atoms. The van der Waals surface area contributed by atoms with Gasteiger partial charge in [-0.2, -0.15) is 4.80 Å². The van der Waals surface area contributed by atoms with Crippen molar-refractivity contribution in [3.8, 4) is 22.9 Å². The molecule has 3 aromatic rings. The fourth-order valence-corrected chi connectivity index (χ4v) is 2.75. The van der Waals surface area contributed by atoms with Crippen LogP contribution in [0.25, 0.3) is 11.4 Å². The molecule has 1 amide bonds. The molecule has 0 bridgehead atoms. The highest BCUT2D eigenvalue weighted by molar-refractivity contribution is 9.10. The van der Waals surface area contributed by atoms with Crippen molar-refractivity contribution in [3.05, 3.63) is 46.9 Å². The van der Waals surface area contributed by atoms with Crippen molar-refractivity contribution in [3.63, 3.8) is 0 Å². The van der Waals surface area contributed by atoms with E-state index in [0.29, 0.717) is 36.2 Å². The van der Waals surface area contributed by atoms with E-state index >= 15 is 0 Å². The molecule has 0 spiro atoms. The summed E-state index contributed by atoms with van der Waals surface area (Å²) < 4.78 is 12.0. The number of tetrazole rings is 1.